The van der Waals surface area contributed by atoms with Crippen LogP contribution in [0.25, 0.3) is 0 Å². The summed E-state index contributed by atoms with van der Waals surface area (Å²) in [4.78, 5) is 12.2. The van der Waals surface area contributed by atoms with Crippen LogP contribution in [0.5, 0.6) is 0 Å². The van der Waals surface area contributed by atoms with Crippen molar-refractivity contribution in [3.05, 3.63) is 51.8 Å². The zero-order valence-corrected chi connectivity index (χ0v) is 16.0. The molecule has 0 aliphatic carbocycles. The van der Waals surface area contributed by atoms with Crippen LogP contribution in [0.2, 0.25) is 0 Å². The van der Waals surface area contributed by atoms with Crippen molar-refractivity contribution in [1.82, 2.24) is 34.7 Å². The van der Waals surface area contributed by atoms with E-state index in [2.05, 4.69) is 36.5 Å². The molecule has 25 heavy (non-hydrogen) atoms. The monoisotopic (exact) mass is 405 g/mol. The third kappa shape index (κ3) is 3.81. The minimum absolute atomic E-state index is 0.223. The quantitative estimate of drug-likeness (QED) is 0.680. The van der Waals surface area contributed by atoms with E-state index in [1.807, 2.05) is 42.4 Å². The van der Waals surface area contributed by atoms with Gasteiger partial charge in [0.1, 0.15) is 12.4 Å². The highest BCUT2D eigenvalue weighted by atomic mass is 79.9. The average Bonchev–Trinajstić information content (AvgIpc) is 3.31. The molecule has 3 rings (SSSR count). The lowest BCUT2D eigenvalue weighted by molar-refractivity contribution is 0.0944. The van der Waals surface area contributed by atoms with Gasteiger partial charge in [-0.05, 0) is 48.8 Å². The molecule has 3 aromatic rings. The van der Waals surface area contributed by atoms with Crippen molar-refractivity contribution in [2.75, 3.05) is 0 Å². The minimum atomic E-state index is -0.223. The number of rotatable bonds is 6. The molecule has 0 aliphatic rings. The maximum absolute atomic E-state index is 12.2. The van der Waals surface area contributed by atoms with Gasteiger partial charge in [0, 0.05) is 18.9 Å². The molecule has 0 aromatic carbocycles. The highest BCUT2D eigenvalue weighted by Gasteiger charge is 2.12. The van der Waals surface area contributed by atoms with E-state index in [-0.39, 0.29) is 5.91 Å². The first-order valence-electron chi connectivity index (χ1n) is 8.01. The number of hydrogen-bond acceptors (Lipinski definition) is 4. The first-order valence-corrected chi connectivity index (χ1v) is 8.80. The van der Waals surface area contributed by atoms with Crippen molar-refractivity contribution in [2.24, 2.45) is 0 Å². The van der Waals surface area contributed by atoms with Crippen LogP contribution in [0, 0.1) is 13.8 Å². The first kappa shape index (κ1) is 17.4. The zero-order valence-electron chi connectivity index (χ0n) is 14.4. The predicted molar refractivity (Wildman–Crippen MR) is 96.1 cm³/mol. The van der Waals surface area contributed by atoms with Gasteiger partial charge in [-0.15, -0.1) is 0 Å². The molecular formula is C16H20BrN7O. The normalized spacial score (nSPS) is 11.0. The number of aromatic nitrogens is 6. The fourth-order valence-corrected chi connectivity index (χ4v) is 2.73. The third-order valence-electron chi connectivity index (χ3n) is 3.90. The fraction of sp³-hybridized carbons (Fsp3) is 0.375. The van der Waals surface area contributed by atoms with Crippen molar-refractivity contribution in [3.8, 4) is 0 Å². The summed E-state index contributed by atoms with van der Waals surface area (Å²) in [6.45, 7) is 7.58. The van der Waals surface area contributed by atoms with Gasteiger partial charge in [0.2, 0.25) is 0 Å². The summed E-state index contributed by atoms with van der Waals surface area (Å²) < 4.78 is 6.34. The predicted octanol–water partition coefficient (Wildman–Crippen LogP) is 2.11. The second-order valence-electron chi connectivity index (χ2n) is 5.71. The number of carbonyl (C=O) groups is 1. The number of aryl methyl sites for hydroxylation is 2. The largest absolute Gasteiger partial charge is 0.345 e. The summed E-state index contributed by atoms with van der Waals surface area (Å²) in [5.74, 6) is -0.223. The second-order valence-corrected chi connectivity index (χ2v) is 6.50. The van der Waals surface area contributed by atoms with Crippen LogP contribution in [0.3, 0.4) is 0 Å². The Morgan fingerprint density at radius 3 is 2.56 bits per heavy atom. The number of halogens is 1. The topological polar surface area (TPSA) is 82.6 Å². The number of nitrogens with zero attached hydrogens (tertiary/aromatic N) is 6. The Kier molecular flexibility index (Phi) is 5.03. The van der Waals surface area contributed by atoms with Gasteiger partial charge in [0.15, 0.2) is 0 Å². The number of hydrogen-bond donors (Lipinski definition) is 1. The van der Waals surface area contributed by atoms with E-state index in [9.17, 15) is 4.79 Å². The lowest BCUT2D eigenvalue weighted by atomic mass is 10.4. The van der Waals surface area contributed by atoms with Crippen molar-refractivity contribution in [3.63, 3.8) is 0 Å². The molecule has 132 valence electrons. The van der Waals surface area contributed by atoms with Gasteiger partial charge < -0.3 is 5.32 Å². The van der Waals surface area contributed by atoms with Crippen molar-refractivity contribution >= 4 is 21.8 Å². The van der Waals surface area contributed by atoms with E-state index in [0.717, 1.165) is 28.1 Å². The van der Waals surface area contributed by atoms with Gasteiger partial charge in [-0.1, -0.05) is 0 Å². The van der Waals surface area contributed by atoms with E-state index in [1.54, 1.807) is 16.9 Å². The number of carbonyl (C=O) groups excluding carboxylic acids is 1. The van der Waals surface area contributed by atoms with E-state index >= 15 is 0 Å². The lowest BCUT2D eigenvalue weighted by Gasteiger charge is -2.04. The van der Waals surface area contributed by atoms with Crippen LogP contribution >= 0.6 is 15.9 Å². The molecule has 0 bridgehead atoms. The summed E-state index contributed by atoms with van der Waals surface area (Å²) in [5.41, 5.74) is 3.14. The lowest BCUT2D eigenvalue weighted by Crippen LogP contribution is -2.24. The SMILES string of the molecule is CCn1ccc(CNC(=O)c2ccn(Cn3nc(C)c(Br)c3C)n2)n1. The molecule has 3 aromatic heterocycles. The van der Waals surface area contributed by atoms with Crippen LogP contribution in [0.4, 0.5) is 0 Å². The van der Waals surface area contributed by atoms with Crippen LogP contribution in [-0.4, -0.2) is 35.2 Å². The van der Waals surface area contributed by atoms with Crippen LogP contribution in [0.1, 0.15) is 34.5 Å². The van der Waals surface area contributed by atoms with Crippen molar-refractivity contribution in [1.29, 1.82) is 0 Å². The second kappa shape index (κ2) is 7.22. The Morgan fingerprint density at radius 2 is 1.92 bits per heavy atom. The Morgan fingerprint density at radius 1 is 1.16 bits per heavy atom. The van der Waals surface area contributed by atoms with Gasteiger partial charge in [-0.3, -0.25) is 14.2 Å². The van der Waals surface area contributed by atoms with E-state index in [0.29, 0.717) is 18.9 Å². The number of nitrogens with one attached hydrogen (secondary N) is 1. The summed E-state index contributed by atoms with van der Waals surface area (Å²) in [6, 6.07) is 3.59. The number of amides is 1. The van der Waals surface area contributed by atoms with Crippen LogP contribution in [-0.2, 0) is 19.8 Å². The molecule has 3 heterocycles. The Bertz CT molecular complexity index is 892. The third-order valence-corrected chi connectivity index (χ3v) is 5.04. The van der Waals surface area contributed by atoms with E-state index < -0.39 is 0 Å². The molecule has 0 saturated carbocycles. The summed E-state index contributed by atoms with van der Waals surface area (Å²) >= 11 is 3.51. The smallest absolute Gasteiger partial charge is 0.272 e. The van der Waals surface area contributed by atoms with Crippen molar-refractivity contribution in [2.45, 2.75) is 40.5 Å². The average molecular weight is 406 g/mol. The fourth-order valence-electron chi connectivity index (χ4n) is 2.45. The molecule has 8 nitrogen and oxygen atoms in total. The molecule has 0 unspecified atom stereocenters. The Hall–Kier alpha value is -2.42. The molecular weight excluding hydrogens is 386 g/mol. The van der Waals surface area contributed by atoms with Gasteiger partial charge in [-0.25, -0.2) is 4.68 Å². The first-order chi connectivity index (χ1) is 12.0. The standard InChI is InChI=1S/C16H20BrN7O/c1-4-22-7-5-13(20-22)9-18-16(25)14-6-8-23(21-14)10-24-12(3)15(17)11(2)19-24/h5-8H,4,9-10H2,1-3H3,(H,18,25). The van der Waals surface area contributed by atoms with Crippen LogP contribution in [0.15, 0.2) is 29.0 Å². The molecule has 1 N–H and O–H groups in total. The zero-order chi connectivity index (χ0) is 18.0. The molecule has 9 heteroatoms. The molecule has 0 fully saturated rings. The highest BCUT2D eigenvalue weighted by molar-refractivity contribution is 9.10. The van der Waals surface area contributed by atoms with Gasteiger partial charge in [0.25, 0.3) is 5.91 Å². The summed E-state index contributed by atoms with van der Waals surface area (Å²) in [5, 5.41) is 15.9. The Balaban J connectivity index is 1.62. The summed E-state index contributed by atoms with van der Waals surface area (Å²) in [6.07, 6.45) is 3.66. The maximum atomic E-state index is 12.2. The minimum Gasteiger partial charge on any atom is -0.345 e. The molecule has 0 atom stereocenters. The summed E-state index contributed by atoms with van der Waals surface area (Å²) in [7, 11) is 0. The van der Waals surface area contributed by atoms with Gasteiger partial charge >= 0.3 is 0 Å². The maximum Gasteiger partial charge on any atom is 0.272 e. The van der Waals surface area contributed by atoms with Crippen LogP contribution < -0.4 is 5.32 Å². The molecule has 0 radical (unpaired) electrons. The molecule has 0 spiro atoms. The highest BCUT2D eigenvalue weighted by Crippen LogP contribution is 2.19. The van der Waals surface area contributed by atoms with E-state index in [1.165, 1.54) is 0 Å². The van der Waals surface area contributed by atoms with Gasteiger partial charge in [0.05, 0.1) is 28.1 Å². The van der Waals surface area contributed by atoms with E-state index in [4.69, 9.17) is 0 Å². The van der Waals surface area contributed by atoms with Crippen molar-refractivity contribution < 1.29 is 4.79 Å². The molecule has 0 saturated heterocycles. The van der Waals surface area contributed by atoms with Gasteiger partial charge in [-0.2, -0.15) is 15.3 Å². The Labute approximate surface area is 154 Å². The molecule has 0 aliphatic heterocycles. The molecule has 1 amide bonds.